The van der Waals surface area contributed by atoms with Crippen molar-refractivity contribution in [1.29, 1.82) is 0 Å². The Kier molecular flexibility index (Phi) is 6.08. The van der Waals surface area contributed by atoms with Gasteiger partial charge in [0, 0.05) is 11.6 Å². The summed E-state index contributed by atoms with van der Waals surface area (Å²) in [5.41, 5.74) is 0.117. The minimum Gasteiger partial charge on any atom is -0.493 e. The van der Waals surface area contributed by atoms with Crippen molar-refractivity contribution < 1.29 is 28.3 Å². The number of methoxy groups -OCH3 is 1. The molecule has 0 aliphatic carbocycles. The molecule has 0 aliphatic rings. The second-order valence-electron chi connectivity index (χ2n) is 5.77. The average Bonchev–Trinajstić information content (AvgIpc) is 3.21. The highest BCUT2D eigenvalue weighted by molar-refractivity contribution is 5.95. The van der Waals surface area contributed by atoms with Crippen LogP contribution in [0.2, 0.25) is 0 Å². The zero-order chi connectivity index (χ0) is 20.8. The number of rotatable bonds is 8. The SMILES string of the molecule is CCOc1cc([N+](=O)[O-])c(C(=O)OCc2ncc(-c3ccccc3)o2)cc1OC. The van der Waals surface area contributed by atoms with Crippen LogP contribution in [-0.4, -0.2) is 29.6 Å². The second-order valence-corrected chi connectivity index (χ2v) is 5.77. The summed E-state index contributed by atoms with van der Waals surface area (Å²) < 4.78 is 21.2. The number of nitro groups is 1. The molecule has 0 spiro atoms. The first-order valence-corrected chi connectivity index (χ1v) is 8.70. The predicted octanol–water partition coefficient (Wildman–Crippen LogP) is 4.01. The maximum atomic E-state index is 12.5. The summed E-state index contributed by atoms with van der Waals surface area (Å²) in [6.45, 7) is 1.73. The van der Waals surface area contributed by atoms with Crippen molar-refractivity contribution in [2.45, 2.75) is 13.5 Å². The molecule has 0 unspecified atom stereocenters. The molecule has 150 valence electrons. The summed E-state index contributed by atoms with van der Waals surface area (Å²) in [5.74, 6) is 0.131. The van der Waals surface area contributed by atoms with Crippen LogP contribution in [0.5, 0.6) is 11.5 Å². The van der Waals surface area contributed by atoms with Gasteiger partial charge in [0.2, 0.25) is 5.89 Å². The van der Waals surface area contributed by atoms with Crippen molar-refractivity contribution in [3.8, 4) is 22.8 Å². The van der Waals surface area contributed by atoms with E-state index in [9.17, 15) is 14.9 Å². The molecule has 0 aliphatic heterocycles. The largest absolute Gasteiger partial charge is 0.493 e. The number of hydrogen-bond acceptors (Lipinski definition) is 8. The number of ether oxygens (including phenoxy) is 3. The zero-order valence-electron chi connectivity index (χ0n) is 15.8. The maximum Gasteiger partial charge on any atom is 0.345 e. The average molecular weight is 398 g/mol. The van der Waals surface area contributed by atoms with Crippen LogP contribution in [0.4, 0.5) is 5.69 Å². The lowest BCUT2D eigenvalue weighted by Gasteiger charge is -2.11. The van der Waals surface area contributed by atoms with Crippen LogP contribution in [0, 0.1) is 10.1 Å². The minimum atomic E-state index is -0.905. The van der Waals surface area contributed by atoms with Crippen LogP contribution in [0.1, 0.15) is 23.2 Å². The number of esters is 1. The quantitative estimate of drug-likeness (QED) is 0.318. The van der Waals surface area contributed by atoms with Gasteiger partial charge in [0.1, 0.15) is 5.56 Å². The number of aromatic nitrogens is 1. The fourth-order valence-electron chi connectivity index (χ4n) is 2.61. The van der Waals surface area contributed by atoms with Gasteiger partial charge in [-0.15, -0.1) is 0 Å². The third kappa shape index (κ3) is 4.52. The first-order valence-electron chi connectivity index (χ1n) is 8.70. The van der Waals surface area contributed by atoms with Crippen molar-refractivity contribution in [2.24, 2.45) is 0 Å². The molecular weight excluding hydrogens is 380 g/mol. The molecule has 29 heavy (non-hydrogen) atoms. The molecule has 0 amide bonds. The van der Waals surface area contributed by atoms with E-state index >= 15 is 0 Å². The Morgan fingerprint density at radius 1 is 1.21 bits per heavy atom. The number of carbonyl (C=O) groups is 1. The summed E-state index contributed by atoms with van der Waals surface area (Å²) in [5, 5.41) is 11.4. The topological polar surface area (TPSA) is 114 Å². The third-order valence-corrected chi connectivity index (χ3v) is 3.94. The summed E-state index contributed by atoms with van der Waals surface area (Å²) in [6, 6.07) is 11.7. The molecule has 3 aromatic rings. The molecule has 3 rings (SSSR count). The first kappa shape index (κ1) is 19.9. The monoisotopic (exact) mass is 398 g/mol. The van der Waals surface area contributed by atoms with E-state index in [1.807, 2.05) is 30.3 Å². The number of oxazole rings is 1. The van der Waals surface area contributed by atoms with Gasteiger partial charge in [-0.1, -0.05) is 30.3 Å². The highest BCUT2D eigenvalue weighted by Crippen LogP contribution is 2.35. The number of hydrogen-bond donors (Lipinski definition) is 0. The highest BCUT2D eigenvalue weighted by atomic mass is 16.6. The number of benzene rings is 2. The minimum absolute atomic E-state index is 0.165. The molecule has 9 heteroatoms. The summed E-state index contributed by atoms with van der Waals surface area (Å²) in [4.78, 5) is 27.2. The van der Waals surface area contributed by atoms with Gasteiger partial charge < -0.3 is 18.6 Å². The van der Waals surface area contributed by atoms with E-state index in [-0.39, 0.29) is 36.2 Å². The second kappa shape index (κ2) is 8.87. The van der Waals surface area contributed by atoms with Gasteiger partial charge in [-0.25, -0.2) is 9.78 Å². The number of carbonyl (C=O) groups excluding carboxylic acids is 1. The lowest BCUT2D eigenvalue weighted by molar-refractivity contribution is -0.385. The van der Waals surface area contributed by atoms with E-state index in [0.717, 1.165) is 11.6 Å². The van der Waals surface area contributed by atoms with Gasteiger partial charge >= 0.3 is 5.97 Å². The molecule has 0 fully saturated rings. The molecule has 0 saturated carbocycles. The van der Waals surface area contributed by atoms with Gasteiger partial charge in [-0.2, -0.15) is 0 Å². The van der Waals surface area contributed by atoms with E-state index < -0.39 is 16.6 Å². The van der Waals surface area contributed by atoms with Crippen LogP contribution in [0.15, 0.2) is 53.1 Å². The molecule has 9 nitrogen and oxygen atoms in total. The Hall–Kier alpha value is -3.88. The smallest absolute Gasteiger partial charge is 0.345 e. The van der Waals surface area contributed by atoms with Crippen molar-refractivity contribution in [3.05, 3.63) is 70.2 Å². The van der Waals surface area contributed by atoms with E-state index in [1.54, 1.807) is 6.92 Å². The molecule has 1 heterocycles. The molecule has 0 saturated heterocycles. The van der Waals surface area contributed by atoms with Gasteiger partial charge in [0.25, 0.3) is 5.69 Å². The molecule has 0 radical (unpaired) electrons. The molecular formula is C20H18N2O7. The number of nitrogens with zero attached hydrogens (tertiary/aromatic N) is 2. The van der Waals surface area contributed by atoms with Gasteiger partial charge in [0.05, 0.1) is 30.9 Å². The van der Waals surface area contributed by atoms with Gasteiger partial charge in [-0.3, -0.25) is 10.1 Å². The third-order valence-electron chi connectivity index (χ3n) is 3.94. The molecule has 0 bridgehead atoms. The Morgan fingerprint density at radius 2 is 1.97 bits per heavy atom. The lowest BCUT2D eigenvalue weighted by Crippen LogP contribution is -2.10. The van der Waals surface area contributed by atoms with E-state index in [0.29, 0.717) is 5.76 Å². The number of nitro benzene ring substituents is 1. The van der Waals surface area contributed by atoms with E-state index in [1.165, 1.54) is 19.4 Å². The van der Waals surface area contributed by atoms with Gasteiger partial charge in [0.15, 0.2) is 23.9 Å². The molecule has 0 N–H and O–H groups in total. The lowest BCUT2D eigenvalue weighted by atomic mass is 10.1. The summed E-state index contributed by atoms with van der Waals surface area (Å²) in [7, 11) is 1.37. The zero-order valence-corrected chi connectivity index (χ0v) is 15.8. The fraction of sp³-hybridized carbons (Fsp3) is 0.200. The summed E-state index contributed by atoms with van der Waals surface area (Å²) >= 11 is 0. The van der Waals surface area contributed by atoms with E-state index in [4.69, 9.17) is 18.6 Å². The van der Waals surface area contributed by atoms with Crippen LogP contribution in [0.25, 0.3) is 11.3 Å². The van der Waals surface area contributed by atoms with Crippen molar-refractivity contribution in [1.82, 2.24) is 4.98 Å². The molecule has 0 atom stereocenters. The Balaban J connectivity index is 1.78. The van der Waals surface area contributed by atoms with Gasteiger partial charge in [-0.05, 0) is 6.92 Å². The van der Waals surface area contributed by atoms with Crippen molar-refractivity contribution in [2.75, 3.05) is 13.7 Å². The molecule has 2 aromatic carbocycles. The van der Waals surface area contributed by atoms with Crippen molar-refractivity contribution >= 4 is 11.7 Å². The first-order chi connectivity index (χ1) is 14.0. The maximum absolute atomic E-state index is 12.5. The van der Waals surface area contributed by atoms with E-state index in [2.05, 4.69) is 4.98 Å². The Morgan fingerprint density at radius 3 is 2.62 bits per heavy atom. The van der Waals surface area contributed by atoms with Crippen molar-refractivity contribution in [3.63, 3.8) is 0 Å². The van der Waals surface area contributed by atoms with Crippen LogP contribution in [-0.2, 0) is 11.3 Å². The van der Waals surface area contributed by atoms with Crippen LogP contribution in [0.3, 0.4) is 0 Å². The predicted molar refractivity (Wildman–Crippen MR) is 102 cm³/mol. The fourth-order valence-corrected chi connectivity index (χ4v) is 2.61. The Bertz CT molecular complexity index is 1010. The molecule has 1 aromatic heterocycles. The standard InChI is InChI=1S/C20H18N2O7/c1-3-27-17-10-15(22(24)25)14(9-16(17)26-2)20(23)28-12-19-21-11-18(29-19)13-7-5-4-6-8-13/h4-11H,3,12H2,1-2H3. The van der Waals surface area contributed by atoms with Crippen LogP contribution >= 0.6 is 0 Å². The Labute approximate surface area is 166 Å². The van der Waals surface area contributed by atoms with Crippen LogP contribution < -0.4 is 9.47 Å². The summed E-state index contributed by atoms with van der Waals surface area (Å²) in [6.07, 6.45) is 1.51. The highest BCUT2D eigenvalue weighted by Gasteiger charge is 2.26. The normalized spacial score (nSPS) is 10.4.